The van der Waals surface area contributed by atoms with Gasteiger partial charge in [0.2, 0.25) is 11.8 Å². The van der Waals surface area contributed by atoms with E-state index < -0.39 is 6.04 Å². The van der Waals surface area contributed by atoms with Gasteiger partial charge in [0.25, 0.3) is 0 Å². The van der Waals surface area contributed by atoms with Crippen LogP contribution in [0.3, 0.4) is 0 Å². The van der Waals surface area contributed by atoms with Gasteiger partial charge >= 0.3 is 0 Å². The van der Waals surface area contributed by atoms with Crippen LogP contribution in [0.25, 0.3) is 0 Å². The third-order valence-corrected chi connectivity index (χ3v) is 6.81. The number of rotatable bonds is 9. The summed E-state index contributed by atoms with van der Waals surface area (Å²) in [5.41, 5.74) is 3.27. The monoisotopic (exact) mass is 454 g/mol. The molecule has 1 unspecified atom stereocenters. The quantitative estimate of drug-likeness (QED) is 0.514. The number of carbonyl (C=O) groups excluding carboxylic acids is 2. The highest BCUT2D eigenvalue weighted by atomic mass is 35.5. The SMILES string of the molecule is CC(C)c1ccc(CCC(=O)N(Cc2ccccc2Cl)C(C)C(=O)NC2CCCC2)cc1. The van der Waals surface area contributed by atoms with Crippen molar-refractivity contribution >= 4 is 23.4 Å². The van der Waals surface area contributed by atoms with Crippen molar-refractivity contribution in [3.8, 4) is 0 Å². The van der Waals surface area contributed by atoms with Crippen molar-refractivity contribution in [2.75, 3.05) is 0 Å². The first kappa shape index (κ1) is 24.3. The topological polar surface area (TPSA) is 49.4 Å². The summed E-state index contributed by atoms with van der Waals surface area (Å²) < 4.78 is 0. The van der Waals surface area contributed by atoms with E-state index in [1.165, 1.54) is 5.56 Å². The third kappa shape index (κ3) is 6.59. The molecule has 1 aliphatic carbocycles. The Morgan fingerprint density at radius 1 is 1.03 bits per heavy atom. The van der Waals surface area contributed by atoms with Gasteiger partial charge in [0, 0.05) is 24.0 Å². The first-order valence-electron chi connectivity index (χ1n) is 11.8. The fourth-order valence-electron chi connectivity index (χ4n) is 4.25. The second-order valence-electron chi connectivity index (χ2n) is 9.18. The number of hydrogen-bond donors (Lipinski definition) is 1. The Labute approximate surface area is 197 Å². The molecular weight excluding hydrogens is 420 g/mol. The number of halogens is 1. The highest BCUT2D eigenvalue weighted by Gasteiger charge is 2.28. The van der Waals surface area contributed by atoms with Gasteiger partial charge in [-0.1, -0.05) is 80.8 Å². The van der Waals surface area contributed by atoms with Crippen LogP contribution in [0.5, 0.6) is 0 Å². The maximum atomic E-state index is 13.3. The molecule has 0 aromatic heterocycles. The standard InChI is InChI=1S/C27H35ClN2O2/c1-19(2)22-15-12-21(13-16-22)14-17-26(31)30(18-23-8-4-7-11-25(23)28)20(3)27(32)29-24-9-5-6-10-24/h4,7-8,11-13,15-16,19-20,24H,5-6,9-10,14,17-18H2,1-3H3,(H,29,32). The zero-order chi connectivity index (χ0) is 23.1. The summed E-state index contributed by atoms with van der Waals surface area (Å²) >= 11 is 6.37. The van der Waals surface area contributed by atoms with E-state index in [4.69, 9.17) is 11.6 Å². The molecule has 172 valence electrons. The molecule has 1 aliphatic rings. The Bertz CT molecular complexity index is 904. The Kier molecular flexibility index (Phi) is 8.75. The lowest BCUT2D eigenvalue weighted by molar-refractivity contribution is -0.140. The van der Waals surface area contributed by atoms with Crippen molar-refractivity contribution in [3.63, 3.8) is 0 Å². The first-order chi connectivity index (χ1) is 15.3. The summed E-state index contributed by atoms with van der Waals surface area (Å²) in [6.07, 6.45) is 5.33. The van der Waals surface area contributed by atoms with E-state index in [0.29, 0.717) is 30.3 Å². The van der Waals surface area contributed by atoms with Crippen molar-refractivity contribution in [1.82, 2.24) is 10.2 Å². The first-order valence-corrected chi connectivity index (χ1v) is 12.1. The third-order valence-electron chi connectivity index (χ3n) is 6.44. The van der Waals surface area contributed by atoms with Crippen molar-refractivity contribution < 1.29 is 9.59 Å². The van der Waals surface area contributed by atoms with E-state index in [0.717, 1.165) is 36.8 Å². The van der Waals surface area contributed by atoms with Crippen LogP contribution in [0.1, 0.15) is 75.5 Å². The molecule has 0 spiro atoms. The molecular formula is C27H35ClN2O2. The van der Waals surface area contributed by atoms with Gasteiger partial charge in [-0.3, -0.25) is 9.59 Å². The molecule has 0 radical (unpaired) electrons. The molecule has 1 saturated carbocycles. The summed E-state index contributed by atoms with van der Waals surface area (Å²) in [4.78, 5) is 27.9. The van der Waals surface area contributed by atoms with Crippen LogP contribution in [0.4, 0.5) is 0 Å². The lowest BCUT2D eigenvalue weighted by atomic mass is 10.00. The molecule has 1 fully saturated rings. The number of nitrogens with zero attached hydrogens (tertiary/aromatic N) is 1. The molecule has 2 aromatic carbocycles. The summed E-state index contributed by atoms with van der Waals surface area (Å²) in [6, 6.07) is 15.6. The number of amides is 2. The van der Waals surface area contributed by atoms with Crippen LogP contribution in [-0.2, 0) is 22.6 Å². The van der Waals surface area contributed by atoms with E-state index in [2.05, 4.69) is 43.4 Å². The summed E-state index contributed by atoms with van der Waals surface area (Å²) in [7, 11) is 0. The van der Waals surface area contributed by atoms with Crippen molar-refractivity contribution in [2.45, 2.75) is 83.8 Å². The van der Waals surface area contributed by atoms with Crippen LogP contribution in [0.15, 0.2) is 48.5 Å². The zero-order valence-electron chi connectivity index (χ0n) is 19.4. The Morgan fingerprint density at radius 2 is 1.69 bits per heavy atom. The molecule has 2 aromatic rings. The van der Waals surface area contributed by atoms with E-state index in [1.54, 1.807) is 4.90 Å². The highest BCUT2D eigenvalue weighted by molar-refractivity contribution is 6.31. The van der Waals surface area contributed by atoms with E-state index in [1.807, 2.05) is 31.2 Å². The highest BCUT2D eigenvalue weighted by Crippen LogP contribution is 2.22. The number of nitrogens with one attached hydrogen (secondary N) is 1. The van der Waals surface area contributed by atoms with Crippen molar-refractivity contribution in [3.05, 3.63) is 70.2 Å². The fraction of sp³-hybridized carbons (Fsp3) is 0.481. The average Bonchev–Trinajstić information content (AvgIpc) is 3.29. The lowest BCUT2D eigenvalue weighted by Gasteiger charge is -2.30. The Hall–Kier alpha value is -2.33. The molecule has 32 heavy (non-hydrogen) atoms. The largest absolute Gasteiger partial charge is 0.352 e. The molecule has 0 heterocycles. The summed E-state index contributed by atoms with van der Waals surface area (Å²) in [5.74, 6) is 0.363. The predicted molar refractivity (Wildman–Crippen MR) is 131 cm³/mol. The fourth-order valence-corrected chi connectivity index (χ4v) is 4.44. The second-order valence-corrected chi connectivity index (χ2v) is 9.58. The average molecular weight is 455 g/mol. The van der Waals surface area contributed by atoms with Crippen molar-refractivity contribution in [1.29, 1.82) is 0 Å². The van der Waals surface area contributed by atoms with E-state index >= 15 is 0 Å². The molecule has 0 bridgehead atoms. The Morgan fingerprint density at radius 3 is 2.31 bits per heavy atom. The van der Waals surface area contributed by atoms with Gasteiger partial charge in [-0.05, 0) is 54.9 Å². The van der Waals surface area contributed by atoms with Crippen LogP contribution in [0, 0.1) is 0 Å². The van der Waals surface area contributed by atoms with Crippen LogP contribution >= 0.6 is 11.6 Å². The van der Waals surface area contributed by atoms with Gasteiger partial charge in [-0.15, -0.1) is 0 Å². The van der Waals surface area contributed by atoms with Crippen LogP contribution in [0.2, 0.25) is 5.02 Å². The number of aryl methyl sites for hydroxylation is 1. The zero-order valence-corrected chi connectivity index (χ0v) is 20.2. The second kappa shape index (κ2) is 11.5. The van der Waals surface area contributed by atoms with Gasteiger partial charge in [-0.25, -0.2) is 0 Å². The van der Waals surface area contributed by atoms with Crippen LogP contribution < -0.4 is 5.32 Å². The van der Waals surface area contributed by atoms with Gasteiger partial charge < -0.3 is 10.2 Å². The van der Waals surface area contributed by atoms with Gasteiger partial charge in [-0.2, -0.15) is 0 Å². The molecule has 3 rings (SSSR count). The maximum Gasteiger partial charge on any atom is 0.242 e. The van der Waals surface area contributed by atoms with E-state index in [9.17, 15) is 9.59 Å². The number of carbonyl (C=O) groups is 2. The minimum atomic E-state index is -0.553. The normalized spacial score (nSPS) is 15.0. The van der Waals surface area contributed by atoms with Gasteiger partial charge in [0.1, 0.15) is 6.04 Å². The molecule has 2 amide bonds. The lowest BCUT2D eigenvalue weighted by Crippen LogP contribution is -2.49. The van der Waals surface area contributed by atoms with Crippen molar-refractivity contribution in [2.24, 2.45) is 0 Å². The number of hydrogen-bond acceptors (Lipinski definition) is 2. The molecule has 4 nitrogen and oxygen atoms in total. The summed E-state index contributed by atoms with van der Waals surface area (Å²) in [6.45, 7) is 6.48. The number of benzene rings is 2. The van der Waals surface area contributed by atoms with Gasteiger partial charge in [0.15, 0.2) is 0 Å². The molecule has 1 N–H and O–H groups in total. The molecule has 0 aliphatic heterocycles. The van der Waals surface area contributed by atoms with Crippen LogP contribution in [-0.4, -0.2) is 28.8 Å². The molecule has 5 heteroatoms. The maximum absolute atomic E-state index is 13.3. The minimum Gasteiger partial charge on any atom is -0.352 e. The minimum absolute atomic E-state index is 0.0353. The predicted octanol–water partition coefficient (Wildman–Crippen LogP) is 5.87. The molecule has 1 atom stereocenters. The van der Waals surface area contributed by atoms with Gasteiger partial charge in [0.05, 0.1) is 0 Å². The smallest absolute Gasteiger partial charge is 0.242 e. The Balaban J connectivity index is 1.70. The summed E-state index contributed by atoms with van der Waals surface area (Å²) in [5, 5.41) is 3.75. The van der Waals surface area contributed by atoms with E-state index in [-0.39, 0.29) is 17.9 Å². The molecule has 0 saturated heterocycles.